The van der Waals surface area contributed by atoms with Gasteiger partial charge in [-0.05, 0) is 48.6 Å². The van der Waals surface area contributed by atoms with E-state index in [1.165, 1.54) is 42.5 Å². The molecule has 0 bridgehead atoms. The third kappa shape index (κ3) is 4.05. The summed E-state index contributed by atoms with van der Waals surface area (Å²) < 4.78 is 29.3. The molecule has 1 aromatic heterocycles. The number of hydrogen-bond acceptors (Lipinski definition) is 4. The SMILES string of the molecule is O=C(NCC1CC1)c1nn(-c2ccccc2F)c(=O)n(Cc2cccc(F)c2)c1=O. The highest BCUT2D eigenvalue weighted by Gasteiger charge is 2.25. The van der Waals surface area contributed by atoms with E-state index in [9.17, 15) is 23.2 Å². The zero-order valence-corrected chi connectivity index (χ0v) is 15.8. The van der Waals surface area contributed by atoms with Gasteiger partial charge in [-0.2, -0.15) is 9.78 Å². The fraction of sp³-hybridized carbons (Fsp3) is 0.238. The fourth-order valence-corrected chi connectivity index (χ4v) is 3.04. The number of carbonyl (C=O) groups excluding carboxylic acids is 1. The Morgan fingerprint density at radius 2 is 1.87 bits per heavy atom. The quantitative estimate of drug-likeness (QED) is 0.670. The van der Waals surface area contributed by atoms with Crippen molar-refractivity contribution < 1.29 is 13.6 Å². The number of carbonyl (C=O) groups is 1. The average molecular weight is 412 g/mol. The average Bonchev–Trinajstić information content (AvgIpc) is 3.55. The van der Waals surface area contributed by atoms with Gasteiger partial charge in [-0.1, -0.05) is 24.3 Å². The number of nitrogens with one attached hydrogen (secondary N) is 1. The van der Waals surface area contributed by atoms with E-state index in [4.69, 9.17) is 0 Å². The Balaban J connectivity index is 1.84. The van der Waals surface area contributed by atoms with Gasteiger partial charge in [0.2, 0.25) is 5.69 Å². The van der Waals surface area contributed by atoms with E-state index in [1.807, 2.05) is 0 Å². The maximum absolute atomic E-state index is 14.3. The zero-order valence-electron chi connectivity index (χ0n) is 15.8. The van der Waals surface area contributed by atoms with Gasteiger partial charge in [-0.3, -0.25) is 14.2 Å². The van der Waals surface area contributed by atoms with E-state index >= 15 is 0 Å². The van der Waals surface area contributed by atoms with Crippen LogP contribution in [0.3, 0.4) is 0 Å². The lowest BCUT2D eigenvalue weighted by atomic mass is 10.2. The van der Waals surface area contributed by atoms with Crippen LogP contribution in [0.2, 0.25) is 0 Å². The van der Waals surface area contributed by atoms with Crippen LogP contribution < -0.4 is 16.6 Å². The normalized spacial score (nSPS) is 13.3. The molecule has 2 aromatic carbocycles. The molecular weight excluding hydrogens is 394 g/mol. The van der Waals surface area contributed by atoms with Gasteiger partial charge in [0, 0.05) is 6.54 Å². The Labute approximate surface area is 169 Å². The van der Waals surface area contributed by atoms with Gasteiger partial charge < -0.3 is 5.32 Å². The van der Waals surface area contributed by atoms with E-state index < -0.39 is 34.5 Å². The summed E-state index contributed by atoms with van der Waals surface area (Å²) in [5.74, 6) is -1.66. The summed E-state index contributed by atoms with van der Waals surface area (Å²) >= 11 is 0. The zero-order chi connectivity index (χ0) is 21.3. The first kappa shape index (κ1) is 19.7. The Bertz CT molecular complexity index is 1230. The molecule has 0 aliphatic heterocycles. The lowest BCUT2D eigenvalue weighted by Gasteiger charge is -2.13. The van der Waals surface area contributed by atoms with E-state index in [1.54, 1.807) is 0 Å². The molecule has 1 aliphatic carbocycles. The number of nitrogens with zero attached hydrogens (tertiary/aromatic N) is 3. The maximum Gasteiger partial charge on any atom is 0.352 e. The van der Waals surface area contributed by atoms with Crippen molar-refractivity contribution in [3.63, 3.8) is 0 Å². The molecule has 1 N–H and O–H groups in total. The van der Waals surface area contributed by atoms with Crippen LogP contribution in [0, 0.1) is 17.6 Å². The highest BCUT2D eigenvalue weighted by molar-refractivity contribution is 5.91. The largest absolute Gasteiger partial charge is 0.352 e. The number of halogens is 2. The van der Waals surface area contributed by atoms with Crippen LogP contribution in [0.25, 0.3) is 5.69 Å². The Morgan fingerprint density at radius 3 is 2.57 bits per heavy atom. The molecule has 0 unspecified atom stereocenters. The third-order valence-corrected chi connectivity index (χ3v) is 4.83. The summed E-state index contributed by atoms with van der Waals surface area (Å²) in [5.41, 5.74) is -2.26. The standard InChI is InChI=1S/C21H18F2N4O3/c22-15-5-3-4-14(10-15)12-26-20(29)18(19(28)24-11-13-8-9-13)25-27(21(26)30)17-7-2-1-6-16(17)23/h1-7,10,13H,8-9,11-12H2,(H,24,28). The van der Waals surface area contributed by atoms with Gasteiger partial charge in [0.1, 0.15) is 17.3 Å². The van der Waals surface area contributed by atoms with Crippen molar-refractivity contribution in [2.75, 3.05) is 6.54 Å². The number of para-hydroxylation sites is 1. The van der Waals surface area contributed by atoms with Crippen LogP contribution in [-0.2, 0) is 6.54 Å². The molecule has 30 heavy (non-hydrogen) atoms. The molecule has 3 aromatic rings. The van der Waals surface area contributed by atoms with Crippen molar-refractivity contribution in [2.24, 2.45) is 5.92 Å². The van der Waals surface area contributed by atoms with Gasteiger partial charge in [0.05, 0.1) is 6.54 Å². The van der Waals surface area contributed by atoms with Crippen LogP contribution in [0.5, 0.6) is 0 Å². The van der Waals surface area contributed by atoms with Gasteiger partial charge >= 0.3 is 5.69 Å². The van der Waals surface area contributed by atoms with Crippen molar-refractivity contribution in [3.05, 3.63) is 92.3 Å². The minimum absolute atomic E-state index is 0.202. The topological polar surface area (TPSA) is 86.0 Å². The molecule has 1 heterocycles. The van der Waals surface area contributed by atoms with Crippen molar-refractivity contribution in [1.29, 1.82) is 0 Å². The molecule has 1 fully saturated rings. The second-order valence-corrected chi connectivity index (χ2v) is 7.17. The van der Waals surface area contributed by atoms with Crippen LogP contribution in [0.4, 0.5) is 8.78 Å². The number of benzene rings is 2. The number of aromatic nitrogens is 3. The number of rotatable bonds is 6. The van der Waals surface area contributed by atoms with Crippen molar-refractivity contribution in [3.8, 4) is 5.69 Å². The van der Waals surface area contributed by atoms with Crippen molar-refractivity contribution in [2.45, 2.75) is 19.4 Å². The van der Waals surface area contributed by atoms with Crippen molar-refractivity contribution >= 4 is 5.91 Å². The summed E-state index contributed by atoms with van der Waals surface area (Å²) in [6.07, 6.45) is 1.98. The number of amides is 1. The third-order valence-electron chi connectivity index (χ3n) is 4.83. The summed E-state index contributed by atoms with van der Waals surface area (Å²) in [4.78, 5) is 38.4. The van der Waals surface area contributed by atoms with Crippen molar-refractivity contribution in [1.82, 2.24) is 19.7 Å². The molecule has 1 aliphatic rings. The molecule has 0 atom stereocenters. The molecule has 154 valence electrons. The molecule has 9 heteroatoms. The van der Waals surface area contributed by atoms with E-state index in [0.29, 0.717) is 22.7 Å². The molecule has 0 saturated heterocycles. The lowest BCUT2D eigenvalue weighted by molar-refractivity contribution is 0.0942. The van der Waals surface area contributed by atoms with Crippen LogP contribution in [0.15, 0.2) is 58.1 Å². The predicted molar refractivity (Wildman–Crippen MR) is 105 cm³/mol. The van der Waals surface area contributed by atoms with Gasteiger partial charge in [0.25, 0.3) is 11.5 Å². The summed E-state index contributed by atoms with van der Waals surface area (Å²) in [6.45, 7) is 0.0952. The second-order valence-electron chi connectivity index (χ2n) is 7.17. The first-order chi connectivity index (χ1) is 14.4. The minimum Gasteiger partial charge on any atom is -0.350 e. The molecule has 0 spiro atoms. The smallest absolute Gasteiger partial charge is 0.350 e. The van der Waals surface area contributed by atoms with Gasteiger partial charge in [0.15, 0.2) is 0 Å². The van der Waals surface area contributed by atoms with Gasteiger partial charge in [-0.25, -0.2) is 13.6 Å². The lowest BCUT2D eigenvalue weighted by Crippen LogP contribution is -2.46. The first-order valence-electron chi connectivity index (χ1n) is 9.46. The van der Waals surface area contributed by atoms with Crippen LogP contribution in [-0.4, -0.2) is 26.8 Å². The minimum atomic E-state index is -0.937. The first-order valence-corrected chi connectivity index (χ1v) is 9.46. The Kier molecular flexibility index (Phi) is 5.26. The Hall–Kier alpha value is -3.62. The summed E-state index contributed by atoms with van der Waals surface area (Å²) in [7, 11) is 0. The molecule has 7 nitrogen and oxygen atoms in total. The second kappa shape index (κ2) is 8.02. The highest BCUT2D eigenvalue weighted by atomic mass is 19.1. The number of hydrogen-bond donors (Lipinski definition) is 1. The molecule has 1 amide bonds. The van der Waals surface area contributed by atoms with Gasteiger partial charge in [-0.15, -0.1) is 0 Å². The van der Waals surface area contributed by atoms with E-state index in [-0.39, 0.29) is 12.2 Å². The molecule has 4 rings (SSSR count). The van der Waals surface area contributed by atoms with E-state index in [0.717, 1.165) is 23.5 Å². The van der Waals surface area contributed by atoms with Crippen LogP contribution in [0.1, 0.15) is 28.9 Å². The monoisotopic (exact) mass is 412 g/mol. The maximum atomic E-state index is 14.3. The fourth-order valence-electron chi connectivity index (χ4n) is 3.04. The molecule has 0 radical (unpaired) electrons. The Morgan fingerprint density at radius 1 is 1.10 bits per heavy atom. The molecule has 1 saturated carbocycles. The molecular formula is C21H18F2N4O3. The predicted octanol–water partition coefficient (Wildman–Crippen LogP) is 1.86. The van der Waals surface area contributed by atoms with Crippen LogP contribution >= 0.6 is 0 Å². The summed E-state index contributed by atoms with van der Waals surface area (Å²) in [6, 6.07) is 10.8. The van der Waals surface area contributed by atoms with E-state index in [2.05, 4.69) is 10.4 Å². The summed E-state index contributed by atoms with van der Waals surface area (Å²) in [5, 5.41) is 6.50. The highest BCUT2D eigenvalue weighted by Crippen LogP contribution is 2.27.